The first-order chi connectivity index (χ1) is 6.45. The van der Waals surface area contributed by atoms with Crippen LogP contribution < -0.4 is 5.32 Å². The Kier molecular flexibility index (Phi) is 3.73. The third kappa shape index (κ3) is 2.82. The van der Waals surface area contributed by atoms with Crippen molar-refractivity contribution in [2.24, 2.45) is 0 Å². The van der Waals surface area contributed by atoms with Gasteiger partial charge in [0, 0.05) is 12.2 Å². The Hall–Kier alpha value is -0.340. The summed E-state index contributed by atoms with van der Waals surface area (Å²) in [6.07, 6.45) is 0.642. The average molecular weight is 219 g/mol. The van der Waals surface area contributed by atoms with Gasteiger partial charge in [-0.3, -0.25) is 4.79 Å². The molecule has 1 N–H and O–H groups in total. The fourth-order valence-corrected chi connectivity index (χ4v) is 2.88. The molecule has 0 spiro atoms. The Morgan fingerprint density at radius 2 is 2.21 bits per heavy atom. The zero-order valence-electron chi connectivity index (χ0n) is 8.95. The molecule has 0 aromatic rings. The zero-order chi connectivity index (χ0) is 10.8. The molecular weight excluding hydrogens is 201 g/mol. The maximum atomic E-state index is 11.8. The van der Waals surface area contributed by atoms with Crippen LogP contribution in [0.15, 0.2) is 0 Å². The molecule has 0 aromatic carbocycles. The molecule has 1 aliphatic heterocycles. The number of hydrogen-bond acceptors (Lipinski definition) is 4. The van der Waals surface area contributed by atoms with Crippen molar-refractivity contribution < 1.29 is 14.1 Å². The summed E-state index contributed by atoms with van der Waals surface area (Å²) in [5, 5.41) is 3.05. The summed E-state index contributed by atoms with van der Waals surface area (Å²) in [5.74, 6) is -0.219. The van der Waals surface area contributed by atoms with E-state index in [0.717, 1.165) is 0 Å². The lowest BCUT2D eigenvalue weighted by Gasteiger charge is -2.13. The monoisotopic (exact) mass is 219 g/mol. The van der Waals surface area contributed by atoms with E-state index in [-0.39, 0.29) is 17.7 Å². The Balaban J connectivity index is 2.49. The van der Waals surface area contributed by atoms with Gasteiger partial charge in [0.15, 0.2) is 0 Å². The van der Waals surface area contributed by atoms with Crippen LogP contribution in [0.1, 0.15) is 13.3 Å². The van der Waals surface area contributed by atoms with Gasteiger partial charge in [-0.05, 0) is 26.7 Å². The summed E-state index contributed by atoms with van der Waals surface area (Å²) in [6, 6.07) is -0.256. The number of hydrogen-bond donors (Lipinski definition) is 1. The van der Waals surface area contributed by atoms with Gasteiger partial charge in [-0.1, -0.05) is 0 Å². The van der Waals surface area contributed by atoms with E-state index in [4.69, 9.17) is 4.74 Å². The van der Waals surface area contributed by atoms with Crippen LogP contribution in [0.25, 0.3) is 0 Å². The predicted octanol–water partition coefficient (Wildman–Crippen LogP) is 0.903. The minimum Gasteiger partial charge on any atom is -0.465 e. The van der Waals surface area contributed by atoms with Gasteiger partial charge in [0.2, 0.25) is 0 Å². The summed E-state index contributed by atoms with van der Waals surface area (Å²) in [4.78, 5) is 11.3. The second-order valence-electron chi connectivity index (χ2n) is 4.04. The SMILES string of the molecule is CCOC(=O)[C@@H]1C[C@H](P(C)(C)=O)CN1. The Bertz CT molecular complexity index is 261. The normalized spacial score (nSPS) is 27.6. The molecule has 0 unspecified atom stereocenters. The maximum Gasteiger partial charge on any atom is 0.323 e. The van der Waals surface area contributed by atoms with Crippen molar-refractivity contribution in [3.8, 4) is 0 Å². The van der Waals surface area contributed by atoms with Crippen molar-refractivity contribution in [3.63, 3.8) is 0 Å². The van der Waals surface area contributed by atoms with Crippen LogP contribution in [0.4, 0.5) is 0 Å². The van der Waals surface area contributed by atoms with Crippen LogP contribution >= 0.6 is 7.14 Å². The largest absolute Gasteiger partial charge is 0.465 e. The molecule has 1 fully saturated rings. The fraction of sp³-hybridized carbons (Fsp3) is 0.889. The first-order valence-corrected chi connectivity index (χ1v) is 7.57. The molecule has 1 heterocycles. The molecule has 0 radical (unpaired) electrons. The number of ether oxygens (including phenoxy) is 1. The Labute approximate surface area is 84.8 Å². The molecule has 1 saturated heterocycles. The zero-order valence-corrected chi connectivity index (χ0v) is 9.84. The predicted molar refractivity (Wildman–Crippen MR) is 56.3 cm³/mol. The first-order valence-electron chi connectivity index (χ1n) is 4.89. The van der Waals surface area contributed by atoms with Gasteiger partial charge in [-0.25, -0.2) is 0 Å². The lowest BCUT2D eigenvalue weighted by Crippen LogP contribution is -2.32. The van der Waals surface area contributed by atoms with Crippen LogP contribution in [-0.2, 0) is 14.1 Å². The molecule has 82 valence electrons. The van der Waals surface area contributed by atoms with Crippen molar-refractivity contribution in [2.75, 3.05) is 26.5 Å². The van der Waals surface area contributed by atoms with Gasteiger partial charge in [0.05, 0.1) is 13.7 Å². The van der Waals surface area contributed by atoms with Gasteiger partial charge in [0.25, 0.3) is 0 Å². The Morgan fingerprint density at radius 1 is 1.57 bits per heavy atom. The van der Waals surface area contributed by atoms with Gasteiger partial charge >= 0.3 is 5.97 Å². The number of carbonyl (C=O) groups is 1. The van der Waals surface area contributed by atoms with Gasteiger partial charge < -0.3 is 14.6 Å². The van der Waals surface area contributed by atoms with E-state index < -0.39 is 7.14 Å². The van der Waals surface area contributed by atoms with E-state index >= 15 is 0 Å². The molecule has 0 saturated carbocycles. The fourth-order valence-electron chi connectivity index (χ4n) is 1.61. The smallest absolute Gasteiger partial charge is 0.323 e. The van der Waals surface area contributed by atoms with E-state index in [2.05, 4.69) is 5.32 Å². The van der Waals surface area contributed by atoms with Crippen LogP contribution in [0, 0.1) is 0 Å². The molecule has 0 amide bonds. The van der Waals surface area contributed by atoms with Crippen molar-refractivity contribution >= 4 is 13.1 Å². The molecule has 5 heteroatoms. The second-order valence-corrected chi connectivity index (χ2v) is 7.64. The molecule has 14 heavy (non-hydrogen) atoms. The van der Waals surface area contributed by atoms with Crippen molar-refractivity contribution in [1.82, 2.24) is 5.32 Å². The summed E-state index contributed by atoms with van der Waals surface area (Å²) in [6.45, 7) is 6.39. The molecule has 1 rings (SSSR count). The number of esters is 1. The number of carbonyl (C=O) groups excluding carboxylic acids is 1. The van der Waals surface area contributed by atoms with Crippen LogP contribution in [0.3, 0.4) is 0 Å². The molecule has 2 atom stereocenters. The molecular formula is C9H18NO3P. The second kappa shape index (κ2) is 4.45. The molecule has 4 nitrogen and oxygen atoms in total. The molecule has 1 aliphatic rings. The number of nitrogens with one attached hydrogen (secondary N) is 1. The average Bonchev–Trinajstić information content (AvgIpc) is 2.51. The van der Waals surface area contributed by atoms with Gasteiger partial charge in [-0.15, -0.1) is 0 Å². The molecule has 0 aromatic heterocycles. The standard InChI is InChI=1S/C9H18NO3P/c1-4-13-9(11)8-5-7(6-10-8)14(2,3)12/h7-8,10H,4-6H2,1-3H3/t7-,8-/m0/s1. The minimum atomic E-state index is -2.08. The van der Waals surface area contributed by atoms with Crippen LogP contribution in [0.5, 0.6) is 0 Å². The van der Waals surface area contributed by atoms with E-state index in [0.29, 0.717) is 19.6 Å². The highest BCUT2D eigenvalue weighted by molar-refractivity contribution is 7.63. The van der Waals surface area contributed by atoms with Crippen LogP contribution in [-0.4, -0.2) is 44.2 Å². The quantitative estimate of drug-likeness (QED) is 0.566. The van der Waals surface area contributed by atoms with Crippen LogP contribution in [0.2, 0.25) is 0 Å². The minimum absolute atomic E-state index is 0.122. The molecule has 0 aliphatic carbocycles. The Morgan fingerprint density at radius 3 is 2.64 bits per heavy atom. The van der Waals surface area contributed by atoms with Crippen molar-refractivity contribution in [3.05, 3.63) is 0 Å². The third-order valence-corrected chi connectivity index (χ3v) is 4.71. The maximum absolute atomic E-state index is 11.8. The van der Waals surface area contributed by atoms with Gasteiger partial charge in [0.1, 0.15) is 6.04 Å². The van der Waals surface area contributed by atoms with Crippen molar-refractivity contribution in [1.29, 1.82) is 0 Å². The summed E-state index contributed by atoms with van der Waals surface area (Å²) < 4.78 is 16.6. The lowest BCUT2D eigenvalue weighted by molar-refractivity contribution is -0.145. The van der Waals surface area contributed by atoms with E-state index in [1.54, 1.807) is 20.3 Å². The van der Waals surface area contributed by atoms with E-state index in [1.165, 1.54) is 0 Å². The van der Waals surface area contributed by atoms with Gasteiger partial charge in [-0.2, -0.15) is 0 Å². The van der Waals surface area contributed by atoms with E-state index in [1.807, 2.05) is 0 Å². The lowest BCUT2D eigenvalue weighted by atomic mass is 10.2. The topological polar surface area (TPSA) is 55.4 Å². The third-order valence-electron chi connectivity index (χ3n) is 2.56. The highest BCUT2D eigenvalue weighted by Crippen LogP contribution is 2.46. The highest BCUT2D eigenvalue weighted by Gasteiger charge is 2.36. The summed E-state index contributed by atoms with van der Waals surface area (Å²) in [7, 11) is -2.08. The van der Waals surface area contributed by atoms with Crippen molar-refractivity contribution in [2.45, 2.75) is 25.0 Å². The summed E-state index contributed by atoms with van der Waals surface area (Å²) in [5.41, 5.74) is 0.122. The molecule has 0 bridgehead atoms. The number of rotatable bonds is 3. The highest BCUT2D eigenvalue weighted by atomic mass is 31.2. The first kappa shape index (κ1) is 11.7. The van der Waals surface area contributed by atoms with E-state index in [9.17, 15) is 9.36 Å². The summed E-state index contributed by atoms with van der Waals surface area (Å²) >= 11 is 0.